The molecule has 4 nitrogen and oxygen atoms in total. The Kier molecular flexibility index (Phi) is 6.13. The number of benzene rings is 1. The van der Waals surface area contributed by atoms with Crippen molar-refractivity contribution in [2.45, 2.75) is 38.1 Å². The van der Waals surface area contributed by atoms with E-state index in [-0.39, 0.29) is 24.4 Å². The molecule has 1 fully saturated rings. The molecule has 0 aromatic heterocycles. The lowest BCUT2D eigenvalue weighted by Crippen LogP contribution is -2.38. The number of carbonyl (C=O) groups excluding carboxylic acids is 2. The van der Waals surface area contributed by atoms with Gasteiger partial charge in [0.1, 0.15) is 5.82 Å². The Balaban J connectivity index is 1.70. The summed E-state index contributed by atoms with van der Waals surface area (Å²) in [5.41, 5.74) is 0.685. The van der Waals surface area contributed by atoms with Gasteiger partial charge in [-0.1, -0.05) is 31.4 Å². The van der Waals surface area contributed by atoms with Crippen LogP contribution in [0, 0.1) is 5.82 Å². The van der Waals surface area contributed by atoms with Gasteiger partial charge in [-0.3, -0.25) is 4.79 Å². The molecule has 22 heavy (non-hydrogen) atoms. The summed E-state index contributed by atoms with van der Waals surface area (Å²) in [4.78, 5) is 23.2. The Morgan fingerprint density at radius 1 is 1.18 bits per heavy atom. The van der Waals surface area contributed by atoms with E-state index in [0.29, 0.717) is 5.56 Å². The van der Waals surface area contributed by atoms with Gasteiger partial charge in [-0.15, -0.1) is 0 Å². The Morgan fingerprint density at radius 3 is 2.55 bits per heavy atom. The third-order valence-corrected chi connectivity index (χ3v) is 3.60. The van der Waals surface area contributed by atoms with Gasteiger partial charge in [0.05, 0.1) is 0 Å². The Labute approximate surface area is 129 Å². The van der Waals surface area contributed by atoms with Gasteiger partial charge in [-0.25, -0.2) is 9.18 Å². The van der Waals surface area contributed by atoms with Gasteiger partial charge in [0.25, 0.3) is 5.91 Å². The predicted octanol–water partition coefficient (Wildman–Crippen LogP) is 2.83. The van der Waals surface area contributed by atoms with Crippen molar-refractivity contribution in [3.63, 3.8) is 0 Å². The smallest absolute Gasteiger partial charge is 0.331 e. The average molecular weight is 305 g/mol. The third kappa shape index (κ3) is 5.68. The van der Waals surface area contributed by atoms with E-state index < -0.39 is 5.97 Å². The van der Waals surface area contributed by atoms with Crippen LogP contribution in [0.3, 0.4) is 0 Å². The fourth-order valence-corrected chi connectivity index (χ4v) is 2.44. The van der Waals surface area contributed by atoms with Crippen LogP contribution in [-0.2, 0) is 14.3 Å². The normalized spacial score (nSPS) is 15.7. The van der Waals surface area contributed by atoms with Crippen LogP contribution in [0.2, 0.25) is 0 Å². The maximum Gasteiger partial charge on any atom is 0.331 e. The molecule has 1 N–H and O–H groups in total. The van der Waals surface area contributed by atoms with Crippen LogP contribution in [0.5, 0.6) is 0 Å². The molecule has 0 radical (unpaired) electrons. The molecule has 1 aliphatic carbocycles. The van der Waals surface area contributed by atoms with Gasteiger partial charge in [0.15, 0.2) is 6.61 Å². The standard InChI is InChI=1S/C17H20FNO3/c18-14-9-6-13(7-10-14)8-11-17(21)22-12-16(20)19-15-4-2-1-3-5-15/h6-11,15H,1-5,12H2,(H,19,20)/b11-8+. The summed E-state index contributed by atoms with van der Waals surface area (Å²) in [7, 11) is 0. The molecule has 0 atom stereocenters. The number of halogens is 1. The van der Waals surface area contributed by atoms with Gasteiger partial charge in [-0.2, -0.15) is 0 Å². The molecular weight excluding hydrogens is 285 g/mol. The molecule has 0 saturated heterocycles. The molecule has 1 aliphatic rings. The zero-order valence-corrected chi connectivity index (χ0v) is 12.4. The van der Waals surface area contributed by atoms with Gasteiger partial charge in [0.2, 0.25) is 0 Å². The largest absolute Gasteiger partial charge is 0.452 e. The van der Waals surface area contributed by atoms with Crippen molar-refractivity contribution in [1.82, 2.24) is 5.32 Å². The molecule has 1 saturated carbocycles. The third-order valence-electron chi connectivity index (χ3n) is 3.60. The molecule has 0 spiro atoms. The highest BCUT2D eigenvalue weighted by Crippen LogP contribution is 2.17. The fourth-order valence-electron chi connectivity index (χ4n) is 2.44. The Morgan fingerprint density at radius 2 is 1.86 bits per heavy atom. The molecule has 1 amide bonds. The van der Waals surface area contributed by atoms with E-state index in [2.05, 4.69) is 5.32 Å². The van der Waals surface area contributed by atoms with E-state index in [0.717, 1.165) is 25.7 Å². The SMILES string of the molecule is O=C(COC(=O)/C=C/c1ccc(F)cc1)NC1CCCCC1. The molecule has 0 aliphatic heterocycles. The van der Waals surface area contributed by atoms with Crippen LogP contribution in [0.15, 0.2) is 30.3 Å². The van der Waals surface area contributed by atoms with Crippen molar-refractivity contribution in [1.29, 1.82) is 0 Å². The van der Waals surface area contributed by atoms with Crippen LogP contribution < -0.4 is 5.32 Å². The number of esters is 1. The molecule has 0 bridgehead atoms. The minimum absolute atomic E-state index is 0.203. The van der Waals surface area contributed by atoms with Crippen LogP contribution >= 0.6 is 0 Å². The molecule has 1 aromatic rings. The van der Waals surface area contributed by atoms with E-state index in [1.54, 1.807) is 12.1 Å². The van der Waals surface area contributed by atoms with Crippen molar-refractivity contribution in [3.05, 3.63) is 41.7 Å². The zero-order valence-electron chi connectivity index (χ0n) is 12.4. The first kappa shape index (κ1) is 16.2. The van der Waals surface area contributed by atoms with Crippen LogP contribution in [0.1, 0.15) is 37.7 Å². The number of amides is 1. The second kappa shape index (κ2) is 8.32. The molecule has 2 rings (SSSR count). The summed E-state index contributed by atoms with van der Waals surface area (Å²) in [6.07, 6.45) is 8.20. The highest BCUT2D eigenvalue weighted by molar-refractivity contribution is 5.89. The average Bonchev–Trinajstić information content (AvgIpc) is 2.53. The van der Waals surface area contributed by atoms with Crippen molar-refractivity contribution in [2.75, 3.05) is 6.61 Å². The van der Waals surface area contributed by atoms with Gasteiger partial charge >= 0.3 is 5.97 Å². The summed E-state index contributed by atoms with van der Waals surface area (Å²) < 4.78 is 17.6. The first-order chi connectivity index (χ1) is 10.6. The van der Waals surface area contributed by atoms with Gasteiger partial charge in [-0.05, 0) is 36.6 Å². The van der Waals surface area contributed by atoms with Crippen molar-refractivity contribution < 1.29 is 18.7 Å². The number of hydrogen-bond acceptors (Lipinski definition) is 3. The summed E-state index contributed by atoms with van der Waals surface area (Å²) in [5.74, 6) is -1.20. The molecule has 0 unspecified atom stereocenters. The number of hydrogen-bond donors (Lipinski definition) is 1. The van der Waals surface area contributed by atoms with E-state index in [1.807, 2.05) is 0 Å². The Bertz CT molecular complexity index is 533. The lowest BCUT2D eigenvalue weighted by atomic mass is 9.95. The van der Waals surface area contributed by atoms with E-state index in [9.17, 15) is 14.0 Å². The first-order valence-electron chi connectivity index (χ1n) is 7.53. The fraction of sp³-hybridized carbons (Fsp3) is 0.412. The quantitative estimate of drug-likeness (QED) is 0.672. The first-order valence-corrected chi connectivity index (χ1v) is 7.53. The van der Waals surface area contributed by atoms with E-state index in [1.165, 1.54) is 30.7 Å². The monoisotopic (exact) mass is 305 g/mol. The number of ether oxygens (including phenoxy) is 1. The topological polar surface area (TPSA) is 55.4 Å². The van der Waals surface area contributed by atoms with Crippen molar-refractivity contribution >= 4 is 18.0 Å². The highest BCUT2D eigenvalue weighted by Gasteiger charge is 2.16. The summed E-state index contributed by atoms with van der Waals surface area (Å²) >= 11 is 0. The van der Waals surface area contributed by atoms with Gasteiger partial charge < -0.3 is 10.1 Å². The second-order valence-corrected chi connectivity index (χ2v) is 5.40. The predicted molar refractivity (Wildman–Crippen MR) is 81.4 cm³/mol. The number of carbonyl (C=O) groups is 2. The maximum absolute atomic E-state index is 12.7. The lowest BCUT2D eigenvalue weighted by molar-refractivity contribution is -0.144. The minimum Gasteiger partial charge on any atom is -0.452 e. The van der Waals surface area contributed by atoms with E-state index in [4.69, 9.17) is 4.74 Å². The number of nitrogens with one attached hydrogen (secondary N) is 1. The van der Waals surface area contributed by atoms with Crippen molar-refractivity contribution in [3.8, 4) is 0 Å². The Hall–Kier alpha value is -2.17. The maximum atomic E-state index is 12.7. The minimum atomic E-state index is -0.594. The molecule has 118 valence electrons. The highest BCUT2D eigenvalue weighted by atomic mass is 19.1. The zero-order chi connectivity index (χ0) is 15.8. The second-order valence-electron chi connectivity index (χ2n) is 5.40. The van der Waals surface area contributed by atoms with Crippen molar-refractivity contribution in [2.24, 2.45) is 0 Å². The van der Waals surface area contributed by atoms with E-state index >= 15 is 0 Å². The molecule has 0 heterocycles. The molecule has 5 heteroatoms. The lowest BCUT2D eigenvalue weighted by Gasteiger charge is -2.22. The summed E-state index contributed by atoms with van der Waals surface area (Å²) in [6.45, 7) is -0.275. The van der Waals surface area contributed by atoms with Crippen LogP contribution in [0.4, 0.5) is 4.39 Å². The molecule has 1 aromatic carbocycles. The summed E-state index contributed by atoms with van der Waals surface area (Å²) in [6, 6.07) is 5.92. The van der Waals surface area contributed by atoms with Crippen LogP contribution in [-0.4, -0.2) is 24.5 Å². The number of rotatable bonds is 5. The molecular formula is C17H20FNO3. The van der Waals surface area contributed by atoms with Gasteiger partial charge in [0, 0.05) is 12.1 Å². The summed E-state index contributed by atoms with van der Waals surface area (Å²) in [5, 5.41) is 2.87. The van der Waals surface area contributed by atoms with Crippen LogP contribution in [0.25, 0.3) is 6.08 Å².